The summed E-state index contributed by atoms with van der Waals surface area (Å²) in [7, 11) is 0. The number of nitrogens with one attached hydrogen (secondary N) is 1. The topological polar surface area (TPSA) is 32.9 Å². The minimum Gasteiger partial charge on any atom is -0.313 e. The molecule has 0 unspecified atom stereocenters. The van der Waals surface area contributed by atoms with Crippen molar-refractivity contribution in [2.24, 2.45) is 5.92 Å². The van der Waals surface area contributed by atoms with Gasteiger partial charge >= 0.3 is 0 Å². The van der Waals surface area contributed by atoms with Gasteiger partial charge in [-0.2, -0.15) is 0 Å². The van der Waals surface area contributed by atoms with Gasteiger partial charge in [0.1, 0.15) is 0 Å². The highest BCUT2D eigenvalue weighted by molar-refractivity contribution is 7.07. The van der Waals surface area contributed by atoms with E-state index in [9.17, 15) is 4.79 Å². The Labute approximate surface area is 87.0 Å². The lowest BCUT2D eigenvalue weighted by molar-refractivity contribution is 0.436. The van der Waals surface area contributed by atoms with Crippen molar-refractivity contribution in [1.29, 1.82) is 0 Å². The second-order valence-corrected chi connectivity index (χ2v) is 5.05. The van der Waals surface area contributed by atoms with E-state index >= 15 is 0 Å². The third-order valence-corrected chi connectivity index (χ3v) is 3.64. The predicted molar refractivity (Wildman–Crippen MR) is 60.8 cm³/mol. The van der Waals surface area contributed by atoms with Crippen molar-refractivity contribution in [3.8, 4) is 0 Å². The fourth-order valence-electron chi connectivity index (χ4n) is 2.02. The Morgan fingerprint density at radius 3 is 2.64 bits per heavy atom. The number of thiazole rings is 1. The standard InChI is InChI=1S/C11H15NOS/c1-8-12-11(13)10(14-8)7-9-5-3-2-4-6-9/h7,9H,1-6H2,(H,12,13)/b10-7-. The zero-order valence-corrected chi connectivity index (χ0v) is 9.03. The van der Waals surface area contributed by atoms with Gasteiger partial charge in [0.15, 0.2) is 0 Å². The van der Waals surface area contributed by atoms with E-state index in [1.54, 1.807) is 0 Å². The van der Waals surface area contributed by atoms with Crippen LogP contribution in [0.15, 0.2) is 4.79 Å². The molecule has 0 aromatic carbocycles. The molecule has 2 rings (SSSR count). The van der Waals surface area contributed by atoms with Gasteiger partial charge in [-0.25, -0.2) is 0 Å². The Bertz CT molecular complexity index is 450. The van der Waals surface area contributed by atoms with Crippen LogP contribution in [0.1, 0.15) is 32.1 Å². The first kappa shape index (κ1) is 9.71. The molecule has 0 atom stereocenters. The monoisotopic (exact) mass is 209 g/mol. The van der Waals surface area contributed by atoms with Crippen LogP contribution in [-0.2, 0) is 0 Å². The summed E-state index contributed by atoms with van der Waals surface area (Å²) in [5.74, 6) is 0.614. The van der Waals surface area contributed by atoms with Crippen LogP contribution in [0.2, 0.25) is 0 Å². The van der Waals surface area contributed by atoms with Crippen molar-refractivity contribution >= 4 is 24.0 Å². The van der Waals surface area contributed by atoms with Crippen LogP contribution < -0.4 is 14.8 Å². The summed E-state index contributed by atoms with van der Waals surface area (Å²) in [6.07, 6.45) is 8.58. The molecule has 3 heteroatoms. The normalized spacial score (nSPS) is 20.1. The summed E-state index contributed by atoms with van der Waals surface area (Å²) >= 11 is 1.47. The van der Waals surface area contributed by atoms with Crippen LogP contribution in [0.4, 0.5) is 0 Å². The Kier molecular flexibility index (Phi) is 2.87. The van der Waals surface area contributed by atoms with Crippen molar-refractivity contribution in [3.05, 3.63) is 19.5 Å². The SMILES string of the molecule is C=c1[nH]c(=O)/c(=C/C2CCCCC2)s1. The van der Waals surface area contributed by atoms with Crippen LogP contribution in [0.3, 0.4) is 0 Å². The van der Waals surface area contributed by atoms with Gasteiger partial charge in [-0.05, 0) is 18.8 Å². The molecule has 0 saturated heterocycles. The first-order chi connectivity index (χ1) is 6.75. The smallest absolute Gasteiger partial charge is 0.266 e. The molecule has 1 heterocycles. The number of aromatic nitrogens is 1. The molecule has 0 aliphatic heterocycles. The highest BCUT2D eigenvalue weighted by atomic mass is 32.1. The quantitative estimate of drug-likeness (QED) is 0.741. The Balaban J connectivity index is 2.28. The number of rotatable bonds is 1. The van der Waals surface area contributed by atoms with Gasteiger partial charge in [0, 0.05) is 0 Å². The third kappa shape index (κ3) is 2.15. The van der Waals surface area contributed by atoms with E-state index in [2.05, 4.69) is 17.6 Å². The molecule has 1 saturated carbocycles. The molecule has 1 aliphatic rings. The molecule has 2 nitrogen and oxygen atoms in total. The Hall–Kier alpha value is -0.830. The first-order valence-corrected chi connectivity index (χ1v) is 5.97. The zero-order valence-electron chi connectivity index (χ0n) is 8.21. The lowest BCUT2D eigenvalue weighted by Crippen LogP contribution is -2.21. The van der Waals surface area contributed by atoms with Gasteiger partial charge in [-0.15, -0.1) is 11.3 Å². The first-order valence-electron chi connectivity index (χ1n) is 5.15. The van der Waals surface area contributed by atoms with Crippen LogP contribution >= 0.6 is 11.3 Å². The summed E-state index contributed by atoms with van der Waals surface area (Å²) in [6.45, 7) is 3.74. The molecular formula is C11H15NOS. The second kappa shape index (κ2) is 4.13. The van der Waals surface area contributed by atoms with Gasteiger partial charge < -0.3 is 4.98 Å². The summed E-state index contributed by atoms with van der Waals surface area (Å²) in [6, 6.07) is 0. The van der Waals surface area contributed by atoms with E-state index in [1.807, 2.05) is 0 Å². The van der Waals surface area contributed by atoms with Crippen LogP contribution in [0.25, 0.3) is 12.7 Å². The molecule has 1 aromatic rings. The van der Waals surface area contributed by atoms with Gasteiger partial charge in [0.25, 0.3) is 5.56 Å². The van der Waals surface area contributed by atoms with E-state index in [1.165, 1.54) is 43.4 Å². The third-order valence-electron chi connectivity index (χ3n) is 2.75. The fourth-order valence-corrected chi connectivity index (χ4v) is 2.83. The summed E-state index contributed by atoms with van der Waals surface area (Å²) in [5.41, 5.74) is 0.0329. The maximum Gasteiger partial charge on any atom is 0.266 e. The Morgan fingerprint density at radius 2 is 2.07 bits per heavy atom. The van der Waals surface area contributed by atoms with Gasteiger partial charge in [0.2, 0.25) is 0 Å². The zero-order chi connectivity index (χ0) is 9.97. The highest BCUT2D eigenvalue weighted by Crippen LogP contribution is 2.24. The molecule has 1 aromatic heterocycles. The minimum absolute atomic E-state index is 0.0329. The Morgan fingerprint density at radius 1 is 1.36 bits per heavy atom. The van der Waals surface area contributed by atoms with Crippen molar-refractivity contribution in [1.82, 2.24) is 4.98 Å². The number of hydrogen-bond acceptors (Lipinski definition) is 2. The van der Waals surface area contributed by atoms with Gasteiger partial charge in [-0.3, -0.25) is 4.79 Å². The van der Waals surface area contributed by atoms with Crippen LogP contribution in [0.5, 0.6) is 0 Å². The molecule has 0 amide bonds. The molecule has 0 radical (unpaired) electrons. The molecule has 0 bridgehead atoms. The highest BCUT2D eigenvalue weighted by Gasteiger charge is 2.10. The predicted octanol–water partition coefficient (Wildman–Crippen LogP) is 1.21. The maximum absolute atomic E-state index is 11.4. The lowest BCUT2D eigenvalue weighted by atomic mass is 9.89. The van der Waals surface area contributed by atoms with E-state index < -0.39 is 0 Å². The molecule has 1 N–H and O–H groups in total. The van der Waals surface area contributed by atoms with Crippen LogP contribution in [-0.4, -0.2) is 4.98 Å². The molecule has 1 fully saturated rings. The molecule has 1 aliphatic carbocycles. The molecular weight excluding hydrogens is 194 g/mol. The number of H-pyrrole nitrogens is 1. The van der Waals surface area contributed by atoms with E-state index in [0.717, 1.165) is 9.20 Å². The van der Waals surface area contributed by atoms with E-state index in [0.29, 0.717) is 5.92 Å². The van der Waals surface area contributed by atoms with Gasteiger partial charge in [-0.1, -0.05) is 31.9 Å². The molecule has 76 valence electrons. The van der Waals surface area contributed by atoms with E-state index in [4.69, 9.17) is 0 Å². The molecule has 14 heavy (non-hydrogen) atoms. The number of hydrogen-bond donors (Lipinski definition) is 1. The van der Waals surface area contributed by atoms with Gasteiger partial charge in [0.05, 0.1) is 9.20 Å². The van der Waals surface area contributed by atoms with Crippen LogP contribution in [0, 0.1) is 5.92 Å². The minimum atomic E-state index is 0.0329. The van der Waals surface area contributed by atoms with Crippen molar-refractivity contribution in [2.45, 2.75) is 32.1 Å². The fraction of sp³-hybridized carbons (Fsp3) is 0.545. The second-order valence-electron chi connectivity index (χ2n) is 3.91. The molecule has 0 spiro atoms. The lowest BCUT2D eigenvalue weighted by Gasteiger charge is -2.17. The summed E-state index contributed by atoms with van der Waals surface area (Å²) < 4.78 is 1.61. The maximum atomic E-state index is 11.4. The number of aromatic amines is 1. The van der Waals surface area contributed by atoms with E-state index in [-0.39, 0.29) is 5.56 Å². The summed E-state index contributed by atoms with van der Waals surface area (Å²) in [4.78, 5) is 14.1. The average molecular weight is 209 g/mol. The van der Waals surface area contributed by atoms with Crippen molar-refractivity contribution in [3.63, 3.8) is 0 Å². The summed E-state index contributed by atoms with van der Waals surface area (Å²) in [5, 5.41) is 0. The largest absolute Gasteiger partial charge is 0.313 e. The van der Waals surface area contributed by atoms with Crippen molar-refractivity contribution in [2.75, 3.05) is 0 Å². The van der Waals surface area contributed by atoms with Crippen molar-refractivity contribution < 1.29 is 0 Å². The average Bonchev–Trinajstić information content (AvgIpc) is 2.47.